The minimum Gasteiger partial charge on any atom is -0.481 e. The van der Waals surface area contributed by atoms with Crippen LogP contribution in [0.2, 0.25) is 0 Å². The molecular formula is C50H55F2N5O8S2. The number of pyridine rings is 2. The van der Waals surface area contributed by atoms with E-state index in [1.165, 1.54) is 55.9 Å². The fourth-order valence-electron chi connectivity index (χ4n) is 8.65. The van der Waals surface area contributed by atoms with Gasteiger partial charge in [-0.3, -0.25) is 14.3 Å². The molecule has 3 aromatic carbocycles. The molecule has 1 saturated carbocycles. The Morgan fingerprint density at radius 1 is 0.791 bits per heavy atom. The summed E-state index contributed by atoms with van der Waals surface area (Å²) >= 11 is 0. The third kappa shape index (κ3) is 12.8. The quantitative estimate of drug-likeness (QED) is 0.0803. The number of amides is 2. The van der Waals surface area contributed by atoms with Crippen LogP contribution in [0.5, 0.6) is 11.8 Å². The number of benzene rings is 3. The Balaban J connectivity index is 1.23. The first-order valence-electron chi connectivity index (χ1n) is 22.2. The molecule has 67 heavy (non-hydrogen) atoms. The summed E-state index contributed by atoms with van der Waals surface area (Å²) in [6, 6.07) is 20.1. The van der Waals surface area contributed by atoms with Gasteiger partial charge in [0.05, 0.1) is 48.7 Å². The molecule has 354 valence electrons. The molecular weight excluding hydrogens is 901 g/mol. The predicted molar refractivity (Wildman–Crippen MR) is 250 cm³/mol. The smallest absolute Gasteiger partial charge is 0.264 e. The van der Waals surface area contributed by atoms with Gasteiger partial charge in [0.2, 0.25) is 33.6 Å². The van der Waals surface area contributed by atoms with Gasteiger partial charge in [-0.25, -0.2) is 40.3 Å². The lowest BCUT2D eigenvalue weighted by atomic mass is 9.77. The Labute approximate surface area is 391 Å². The van der Waals surface area contributed by atoms with E-state index in [1.54, 1.807) is 36.4 Å². The molecule has 6 rings (SSSR count). The Bertz CT molecular complexity index is 2900. The summed E-state index contributed by atoms with van der Waals surface area (Å²) in [6.45, 7) is 7.41. The van der Waals surface area contributed by atoms with E-state index in [0.29, 0.717) is 63.8 Å². The van der Waals surface area contributed by atoms with Gasteiger partial charge in [0.1, 0.15) is 11.6 Å². The van der Waals surface area contributed by atoms with Crippen LogP contribution >= 0.6 is 0 Å². The molecule has 1 aliphatic carbocycles. The van der Waals surface area contributed by atoms with Gasteiger partial charge in [-0.1, -0.05) is 59.1 Å². The van der Waals surface area contributed by atoms with Gasteiger partial charge in [-0.05, 0) is 136 Å². The van der Waals surface area contributed by atoms with Gasteiger partial charge >= 0.3 is 0 Å². The molecule has 13 nitrogen and oxygen atoms in total. The number of methoxy groups -OCH3 is 1. The molecule has 0 radical (unpaired) electrons. The fourth-order valence-corrected chi connectivity index (χ4v) is 11.3. The third-order valence-corrected chi connectivity index (χ3v) is 14.9. The summed E-state index contributed by atoms with van der Waals surface area (Å²) < 4.78 is 99.8. The molecule has 0 spiro atoms. The topological polar surface area (TPSA) is 195 Å². The van der Waals surface area contributed by atoms with E-state index in [0.717, 1.165) is 24.8 Å². The minimum atomic E-state index is -4.25. The lowest BCUT2D eigenvalue weighted by Crippen LogP contribution is -2.40. The van der Waals surface area contributed by atoms with Crippen LogP contribution in [-0.2, 0) is 48.9 Å². The van der Waals surface area contributed by atoms with E-state index >= 15 is 8.78 Å². The monoisotopic (exact) mass is 955 g/mol. The second-order valence-corrected chi connectivity index (χ2v) is 20.7. The molecule has 2 heterocycles. The first-order valence-corrected chi connectivity index (χ1v) is 25.3. The van der Waals surface area contributed by atoms with Crippen LogP contribution in [0.4, 0.5) is 8.78 Å². The van der Waals surface area contributed by atoms with Crippen molar-refractivity contribution in [2.75, 3.05) is 19.5 Å². The van der Waals surface area contributed by atoms with Crippen LogP contribution in [0.3, 0.4) is 0 Å². The van der Waals surface area contributed by atoms with E-state index in [9.17, 15) is 31.7 Å². The highest BCUT2D eigenvalue weighted by atomic mass is 32.2. The number of ether oxygens (including phenoxy) is 2. The summed E-state index contributed by atoms with van der Waals surface area (Å²) in [4.78, 5) is 35.6. The van der Waals surface area contributed by atoms with Crippen molar-refractivity contribution in [1.29, 1.82) is 5.26 Å². The standard InChI is InChI=1S/C50H55F2N5O8S2/c1-6-34-11-10-12-39(21-34)67(62,63)57-47(59)29-45-41(25-38(52)27-43(45)35-13-18-54-48(22-35)64-5)33(4)15-20-65-49-23-36(14-19-55-49)42-26-37(51)24-40(32(2)3)44(42)28-46(58)56-66(60,61)31-50(30-53)16-8-7-9-17-50/h10-14,18-19,21-27,32-33H,6-9,15-17,20,28-29,31H2,1-5H3,(H,56,58)(H,57,59). The third-order valence-electron chi connectivity index (χ3n) is 12.1. The molecule has 1 unspecified atom stereocenters. The zero-order valence-corrected chi connectivity index (χ0v) is 39.8. The second-order valence-electron chi connectivity index (χ2n) is 17.3. The minimum absolute atomic E-state index is 0.0397. The maximum absolute atomic E-state index is 15.6. The normalized spacial score (nSPS) is 14.2. The van der Waals surface area contributed by atoms with Crippen molar-refractivity contribution in [3.63, 3.8) is 0 Å². The highest BCUT2D eigenvalue weighted by Crippen LogP contribution is 2.38. The molecule has 1 aliphatic rings. The average molecular weight is 956 g/mol. The lowest BCUT2D eigenvalue weighted by molar-refractivity contribution is -0.119. The molecule has 1 atom stereocenters. The molecule has 2 aromatic heterocycles. The van der Waals surface area contributed by atoms with Crippen LogP contribution in [0, 0.1) is 28.4 Å². The van der Waals surface area contributed by atoms with Crippen molar-refractivity contribution in [3.8, 4) is 40.1 Å². The van der Waals surface area contributed by atoms with E-state index < -0.39 is 73.4 Å². The Morgan fingerprint density at radius 3 is 1.97 bits per heavy atom. The fraction of sp³-hybridized carbons (Fsp3) is 0.380. The molecule has 1 fully saturated rings. The highest BCUT2D eigenvalue weighted by molar-refractivity contribution is 7.90. The number of carbonyl (C=O) groups is 2. The molecule has 0 aliphatic heterocycles. The van der Waals surface area contributed by atoms with Gasteiger partial charge in [0.25, 0.3) is 10.0 Å². The summed E-state index contributed by atoms with van der Waals surface area (Å²) in [7, 11) is -7.00. The maximum Gasteiger partial charge on any atom is 0.264 e. The van der Waals surface area contributed by atoms with Crippen LogP contribution in [0.1, 0.15) is 106 Å². The highest BCUT2D eigenvalue weighted by Gasteiger charge is 2.38. The van der Waals surface area contributed by atoms with Gasteiger partial charge in [-0.15, -0.1) is 0 Å². The number of aromatic nitrogens is 2. The number of nitrogens with zero attached hydrogens (tertiary/aromatic N) is 3. The van der Waals surface area contributed by atoms with E-state index in [-0.39, 0.29) is 35.6 Å². The van der Waals surface area contributed by atoms with Crippen molar-refractivity contribution < 1.29 is 44.7 Å². The Hall–Kier alpha value is -6.25. The molecule has 17 heteroatoms. The van der Waals surface area contributed by atoms with Crippen molar-refractivity contribution >= 4 is 31.9 Å². The maximum atomic E-state index is 15.6. The van der Waals surface area contributed by atoms with Gasteiger partial charge in [0, 0.05) is 24.5 Å². The summed E-state index contributed by atoms with van der Waals surface area (Å²) in [5, 5.41) is 9.88. The lowest BCUT2D eigenvalue weighted by Gasteiger charge is -2.30. The van der Waals surface area contributed by atoms with Crippen molar-refractivity contribution in [2.45, 2.75) is 102 Å². The van der Waals surface area contributed by atoms with Gasteiger partial charge in [0.15, 0.2) is 0 Å². The average Bonchev–Trinajstić information content (AvgIpc) is 3.29. The van der Waals surface area contributed by atoms with Crippen molar-refractivity contribution in [1.82, 2.24) is 19.4 Å². The number of rotatable bonds is 19. The largest absolute Gasteiger partial charge is 0.481 e. The van der Waals surface area contributed by atoms with Gasteiger partial charge < -0.3 is 9.47 Å². The number of halogens is 2. The van der Waals surface area contributed by atoms with E-state index in [1.807, 2.05) is 27.7 Å². The molecule has 0 bridgehead atoms. The first kappa shape index (κ1) is 50.2. The number of nitrogens with one attached hydrogen (secondary N) is 2. The number of hydrogen-bond donors (Lipinski definition) is 2. The SMILES string of the molecule is CCc1cccc(S(=O)(=O)NC(=O)Cc2c(-c3ccnc(OC)c3)cc(F)cc2C(C)CCOc2cc(-c3cc(F)cc(C(C)C)c3CC(=O)NS(=O)(=O)CC3(C#N)CCCCC3)ccn2)c1. The Morgan fingerprint density at radius 2 is 1.37 bits per heavy atom. The summed E-state index contributed by atoms with van der Waals surface area (Å²) in [6.07, 6.45) is 6.23. The van der Waals surface area contributed by atoms with Crippen LogP contribution in [0.25, 0.3) is 22.3 Å². The van der Waals surface area contributed by atoms with E-state index in [4.69, 9.17) is 9.47 Å². The van der Waals surface area contributed by atoms with Crippen LogP contribution in [-0.4, -0.2) is 58.1 Å². The number of aryl methyl sites for hydroxylation is 1. The van der Waals surface area contributed by atoms with Crippen molar-refractivity contribution in [2.24, 2.45) is 5.41 Å². The summed E-state index contributed by atoms with van der Waals surface area (Å²) in [5.41, 5.74) is 3.05. The second kappa shape index (κ2) is 21.6. The zero-order chi connectivity index (χ0) is 48.5. The number of nitriles is 1. The molecule has 5 aromatic rings. The summed E-state index contributed by atoms with van der Waals surface area (Å²) in [5.74, 6) is -3.61. The zero-order valence-electron chi connectivity index (χ0n) is 38.2. The number of carbonyl (C=O) groups excluding carboxylic acids is 2. The Kier molecular flexibility index (Phi) is 16.2. The molecule has 2 N–H and O–H groups in total. The van der Waals surface area contributed by atoms with Gasteiger partial charge in [-0.2, -0.15) is 5.26 Å². The van der Waals surface area contributed by atoms with Crippen LogP contribution < -0.4 is 18.9 Å². The molecule has 2 amide bonds. The van der Waals surface area contributed by atoms with Crippen LogP contribution in [0.15, 0.2) is 90.1 Å². The number of hydrogen-bond acceptors (Lipinski definition) is 11. The predicted octanol–water partition coefficient (Wildman–Crippen LogP) is 8.87. The first-order chi connectivity index (χ1) is 31.8. The number of sulfonamides is 2. The van der Waals surface area contributed by atoms with E-state index in [2.05, 4.69) is 25.5 Å². The van der Waals surface area contributed by atoms with Crippen molar-refractivity contribution in [3.05, 3.63) is 125 Å². The molecule has 0 saturated heterocycles.